The first-order chi connectivity index (χ1) is 22.3. The van der Waals surface area contributed by atoms with E-state index in [2.05, 4.69) is 31.9 Å². The van der Waals surface area contributed by atoms with Gasteiger partial charge >= 0.3 is 0 Å². The zero-order chi connectivity index (χ0) is 33.0. The van der Waals surface area contributed by atoms with E-state index >= 15 is 0 Å². The van der Waals surface area contributed by atoms with Crippen molar-refractivity contribution in [3.63, 3.8) is 0 Å². The van der Waals surface area contributed by atoms with E-state index in [4.69, 9.17) is 0 Å². The highest BCUT2D eigenvalue weighted by atomic mass is 32.2. The Balaban J connectivity index is 1.53. The summed E-state index contributed by atoms with van der Waals surface area (Å²) in [5.74, 6) is -1.64. The van der Waals surface area contributed by atoms with Crippen molar-refractivity contribution in [2.24, 2.45) is 11.8 Å². The van der Waals surface area contributed by atoms with Crippen LogP contribution in [0.25, 0.3) is 0 Å². The Hall–Kier alpha value is -3.56. The van der Waals surface area contributed by atoms with Crippen LogP contribution in [-0.2, 0) is 20.9 Å². The van der Waals surface area contributed by atoms with Crippen LogP contribution >= 0.6 is 11.8 Å². The lowest BCUT2D eigenvalue weighted by Gasteiger charge is -2.39. The monoisotopic (exact) mass is 644 g/mol. The second-order valence-corrected chi connectivity index (χ2v) is 14.1. The third-order valence-electron chi connectivity index (χ3n) is 10.1. The third-order valence-corrected chi connectivity index (χ3v) is 12.0. The van der Waals surface area contributed by atoms with Gasteiger partial charge in [0.2, 0.25) is 11.8 Å². The summed E-state index contributed by atoms with van der Waals surface area (Å²) in [4.78, 5) is 51.4. The zero-order valence-electron chi connectivity index (χ0n) is 27.4. The SMILES string of the molecule is C=CCN(Cc1ccccc1)C(=O)[C@@H]1[C@@H]2CCC3(S2)C(C(=O)N(CC=C)c2ccc(N(CC)CC)cc2)N([C@@H](CC)CO)C(=O)[C@H]13. The molecule has 5 rings (SSSR count). The molecule has 3 heterocycles. The average Bonchev–Trinajstić information content (AvgIpc) is 3.72. The molecule has 0 saturated carbocycles. The van der Waals surface area contributed by atoms with Crippen LogP contribution in [0.3, 0.4) is 0 Å². The molecule has 8 nitrogen and oxygen atoms in total. The Morgan fingerprint density at radius 2 is 1.65 bits per heavy atom. The summed E-state index contributed by atoms with van der Waals surface area (Å²) in [5, 5.41) is 10.4. The Morgan fingerprint density at radius 3 is 2.24 bits per heavy atom. The highest BCUT2D eigenvalue weighted by molar-refractivity contribution is 8.02. The van der Waals surface area contributed by atoms with Crippen molar-refractivity contribution < 1.29 is 19.5 Å². The minimum Gasteiger partial charge on any atom is -0.394 e. The molecular formula is C37H48N4O4S. The summed E-state index contributed by atoms with van der Waals surface area (Å²) in [5.41, 5.74) is 2.82. The minimum atomic E-state index is -0.806. The highest BCUT2D eigenvalue weighted by Crippen LogP contribution is 2.67. The smallest absolute Gasteiger partial charge is 0.251 e. The molecular weight excluding hydrogens is 596 g/mol. The van der Waals surface area contributed by atoms with Gasteiger partial charge in [0.25, 0.3) is 5.91 Å². The van der Waals surface area contributed by atoms with Crippen molar-refractivity contribution >= 4 is 40.9 Å². The fourth-order valence-electron chi connectivity index (χ4n) is 7.89. The maximum absolute atomic E-state index is 14.9. The number of carbonyl (C=O) groups is 3. The molecule has 1 spiro atoms. The van der Waals surface area contributed by atoms with Crippen LogP contribution in [0.15, 0.2) is 79.9 Å². The summed E-state index contributed by atoms with van der Waals surface area (Å²) >= 11 is 1.66. The van der Waals surface area contributed by atoms with Crippen LogP contribution in [-0.4, -0.2) is 87.5 Å². The van der Waals surface area contributed by atoms with Crippen molar-refractivity contribution in [2.45, 2.75) is 68.7 Å². The standard InChI is InChI=1S/C37H48N4O4S/c1-6-22-39(24-26-14-12-11-13-15-26)34(43)31-30-20-21-37(46-30)32(31)35(44)41(27(8-3)25-42)33(37)36(45)40(23-7-2)29-18-16-28(17-19-29)38(9-4)10-5/h6-7,11-19,27,30-33,42H,1-2,8-10,20-25H2,3-5H3/t27-,30-,31+,32-,33?,37?/m0/s1. The van der Waals surface area contributed by atoms with E-state index < -0.39 is 28.7 Å². The molecule has 2 aromatic rings. The maximum atomic E-state index is 14.9. The number of aliphatic hydroxyl groups excluding tert-OH is 1. The molecule has 3 amide bonds. The molecule has 46 heavy (non-hydrogen) atoms. The Bertz CT molecular complexity index is 1410. The predicted octanol–water partition coefficient (Wildman–Crippen LogP) is 5.13. The lowest BCUT2D eigenvalue weighted by atomic mass is 9.70. The van der Waals surface area contributed by atoms with Crippen molar-refractivity contribution in [1.82, 2.24) is 9.80 Å². The first-order valence-corrected chi connectivity index (χ1v) is 17.5. The van der Waals surface area contributed by atoms with Crippen LogP contribution in [0.5, 0.6) is 0 Å². The van der Waals surface area contributed by atoms with E-state index in [0.717, 1.165) is 36.4 Å². The van der Waals surface area contributed by atoms with E-state index in [9.17, 15) is 19.5 Å². The normalized spacial score (nSPS) is 25.2. The lowest BCUT2D eigenvalue weighted by molar-refractivity contribution is -0.145. The van der Waals surface area contributed by atoms with Gasteiger partial charge in [-0.3, -0.25) is 14.4 Å². The molecule has 246 valence electrons. The second kappa shape index (κ2) is 14.5. The first kappa shape index (κ1) is 33.8. The Labute approximate surface area is 278 Å². The molecule has 3 aliphatic rings. The number of benzene rings is 2. The minimum absolute atomic E-state index is 0.0580. The van der Waals surface area contributed by atoms with Crippen LogP contribution < -0.4 is 9.80 Å². The van der Waals surface area contributed by atoms with Gasteiger partial charge in [0.1, 0.15) is 6.04 Å². The molecule has 2 aromatic carbocycles. The van der Waals surface area contributed by atoms with Gasteiger partial charge in [-0.25, -0.2) is 0 Å². The summed E-state index contributed by atoms with van der Waals surface area (Å²) < 4.78 is -0.755. The van der Waals surface area contributed by atoms with Gasteiger partial charge in [-0.2, -0.15) is 0 Å². The third kappa shape index (κ3) is 5.88. The molecule has 3 fully saturated rings. The number of anilines is 2. The van der Waals surface area contributed by atoms with Crippen molar-refractivity contribution in [3.8, 4) is 0 Å². The van der Waals surface area contributed by atoms with Gasteiger partial charge in [0, 0.05) is 49.3 Å². The maximum Gasteiger partial charge on any atom is 0.251 e. The number of aliphatic hydroxyl groups is 1. The highest BCUT2D eigenvalue weighted by Gasteiger charge is 2.74. The molecule has 6 atom stereocenters. The van der Waals surface area contributed by atoms with Crippen LogP contribution in [0.1, 0.15) is 45.6 Å². The van der Waals surface area contributed by atoms with Gasteiger partial charge in [-0.15, -0.1) is 24.9 Å². The number of thioether (sulfide) groups is 1. The number of likely N-dealkylation sites (tertiary alicyclic amines) is 1. The lowest BCUT2D eigenvalue weighted by Crippen LogP contribution is -2.57. The number of fused-ring (bicyclic) bond motifs is 1. The van der Waals surface area contributed by atoms with E-state index in [0.29, 0.717) is 25.9 Å². The van der Waals surface area contributed by atoms with Gasteiger partial charge in [-0.05, 0) is 62.9 Å². The molecule has 9 heteroatoms. The number of amides is 3. The summed E-state index contributed by atoms with van der Waals surface area (Å²) in [6.45, 7) is 16.6. The van der Waals surface area contributed by atoms with E-state index in [1.807, 2.05) is 61.5 Å². The first-order valence-electron chi connectivity index (χ1n) is 16.6. The van der Waals surface area contributed by atoms with Gasteiger partial charge < -0.3 is 24.7 Å². The fourth-order valence-corrected chi connectivity index (χ4v) is 10.1. The molecule has 0 aromatic heterocycles. The Morgan fingerprint density at radius 1 is 1.00 bits per heavy atom. The molecule has 3 saturated heterocycles. The van der Waals surface area contributed by atoms with Gasteiger partial charge in [-0.1, -0.05) is 49.4 Å². The molecule has 0 aliphatic carbocycles. The van der Waals surface area contributed by atoms with Gasteiger partial charge in [0.05, 0.1) is 29.2 Å². The largest absolute Gasteiger partial charge is 0.394 e. The summed E-state index contributed by atoms with van der Waals surface area (Å²) in [7, 11) is 0. The number of carbonyl (C=O) groups excluding carboxylic acids is 3. The zero-order valence-corrected chi connectivity index (χ0v) is 28.2. The van der Waals surface area contributed by atoms with Crippen molar-refractivity contribution in [2.75, 3.05) is 42.6 Å². The number of rotatable bonds is 15. The van der Waals surface area contributed by atoms with Crippen molar-refractivity contribution in [1.29, 1.82) is 0 Å². The van der Waals surface area contributed by atoms with Crippen LogP contribution in [0, 0.1) is 11.8 Å². The predicted molar refractivity (Wildman–Crippen MR) is 187 cm³/mol. The molecule has 0 radical (unpaired) electrons. The van der Waals surface area contributed by atoms with E-state index in [-0.39, 0.29) is 36.1 Å². The second-order valence-electron chi connectivity index (χ2n) is 12.5. The van der Waals surface area contributed by atoms with Crippen LogP contribution in [0.2, 0.25) is 0 Å². The van der Waals surface area contributed by atoms with E-state index in [1.165, 1.54) is 0 Å². The fraction of sp³-hybridized carbons (Fsp3) is 0.486. The van der Waals surface area contributed by atoms with Gasteiger partial charge in [0.15, 0.2) is 0 Å². The number of hydrogen-bond donors (Lipinski definition) is 1. The summed E-state index contributed by atoms with van der Waals surface area (Å²) in [6, 6.07) is 16.5. The molecule has 3 aliphatic heterocycles. The average molecular weight is 645 g/mol. The van der Waals surface area contributed by atoms with Crippen LogP contribution in [0.4, 0.5) is 11.4 Å². The quantitative estimate of drug-likeness (QED) is 0.271. The summed E-state index contributed by atoms with van der Waals surface area (Å²) in [6.07, 6.45) is 5.35. The molecule has 2 unspecified atom stereocenters. The number of nitrogens with zero attached hydrogens (tertiary/aromatic N) is 4. The van der Waals surface area contributed by atoms with E-state index in [1.54, 1.807) is 38.6 Å². The number of hydrogen-bond acceptors (Lipinski definition) is 6. The molecule has 1 N–H and O–H groups in total. The Kier molecular flexibility index (Phi) is 10.6. The topological polar surface area (TPSA) is 84.4 Å². The van der Waals surface area contributed by atoms with Crippen molar-refractivity contribution in [3.05, 3.63) is 85.5 Å². The molecule has 2 bridgehead atoms.